The molecule has 0 saturated carbocycles. The van der Waals surface area contributed by atoms with Gasteiger partial charge in [0.05, 0.1) is 5.69 Å². The highest BCUT2D eigenvalue weighted by atomic mass is 15.4. The van der Waals surface area contributed by atoms with Crippen LogP contribution in [0.5, 0.6) is 0 Å². The number of aromatic nitrogens is 2. The summed E-state index contributed by atoms with van der Waals surface area (Å²) in [4.78, 5) is 8.46. The zero-order valence-corrected chi connectivity index (χ0v) is 8.52. The zero-order chi connectivity index (χ0) is 10.1. The molecular weight excluding hydrogens is 176 g/mol. The first kappa shape index (κ1) is 8.91. The van der Waals surface area contributed by atoms with Gasteiger partial charge in [0.25, 0.3) is 0 Å². The van der Waals surface area contributed by atoms with Gasteiger partial charge in [0.2, 0.25) is 0 Å². The van der Waals surface area contributed by atoms with E-state index in [1.807, 2.05) is 7.05 Å². The minimum atomic E-state index is 0.371. The van der Waals surface area contributed by atoms with Crippen molar-refractivity contribution in [1.29, 1.82) is 0 Å². The molecule has 0 saturated heterocycles. The van der Waals surface area contributed by atoms with E-state index in [1.54, 1.807) is 17.4 Å². The molecule has 1 aliphatic rings. The van der Waals surface area contributed by atoms with Crippen LogP contribution in [0.4, 0.5) is 5.69 Å². The Morgan fingerprint density at radius 3 is 2.86 bits per heavy atom. The van der Waals surface area contributed by atoms with Crippen LogP contribution in [0.2, 0.25) is 0 Å². The number of rotatable bonds is 1. The minimum Gasteiger partial charge on any atom is -0.256 e. The number of hydrogen-bond donors (Lipinski definition) is 0. The lowest BCUT2D eigenvalue weighted by Gasteiger charge is -2.20. The highest BCUT2D eigenvalue weighted by Crippen LogP contribution is 2.28. The Hall–Kier alpha value is -1.67. The van der Waals surface area contributed by atoms with Crippen molar-refractivity contribution in [3.63, 3.8) is 0 Å². The maximum Gasteiger partial charge on any atom is 0.116 e. The third kappa shape index (κ3) is 1.30. The number of nitrogens with zero attached hydrogens (tertiary/aromatic N) is 4. The summed E-state index contributed by atoms with van der Waals surface area (Å²) in [5.74, 6) is 3.16. The molecule has 0 amide bonds. The first-order chi connectivity index (χ1) is 6.70. The smallest absolute Gasteiger partial charge is 0.116 e. The molecule has 0 unspecified atom stereocenters. The number of fused-ring (bicyclic) bond motifs is 1. The molecule has 1 aromatic rings. The average Bonchev–Trinajstić information content (AvgIpc) is 2.17. The van der Waals surface area contributed by atoms with E-state index >= 15 is 0 Å². The van der Waals surface area contributed by atoms with Crippen LogP contribution in [0.25, 0.3) is 6.08 Å². The number of hydrazone groups is 1. The van der Waals surface area contributed by atoms with Crippen LogP contribution in [0.3, 0.4) is 0 Å². The molecule has 0 aromatic carbocycles. The fourth-order valence-electron chi connectivity index (χ4n) is 1.49. The highest BCUT2D eigenvalue weighted by Gasteiger charge is 2.17. The lowest BCUT2D eigenvalue weighted by Crippen LogP contribution is -2.16. The molecule has 0 N–H and O–H groups in total. The summed E-state index contributed by atoms with van der Waals surface area (Å²) in [6, 6.07) is 0. The lowest BCUT2D eigenvalue weighted by atomic mass is 10.1. The van der Waals surface area contributed by atoms with Crippen molar-refractivity contribution in [2.75, 3.05) is 12.1 Å². The van der Waals surface area contributed by atoms with Gasteiger partial charge in [-0.25, -0.2) is 9.97 Å². The third-order valence-electron chi connectivity index (χ3n) is 2.16. The van der Waals surface area contributed by atoms with Gasteiger partial charge in [-0.05, 0) is 5.92 Å². The summed E-state index contributed by atoms with van der Waals surface area (Å²) >= 11 is 0. The quantitative estimate of drug-likeness (QED) is 0.672. The Morgan fingerprint density at radius 2 is 2.14 bits per heavy atom. The molecule has 2 rings (SSSR count). The van der Waals surface area contributed by atoms with Gasteiger partial charge in [-0.15, -0.1) is 5.10 Å². The SMILES string of the molecule is CC(C)c1ncnc2c1N(C)N=C=C2. The molecule has 0 radical (unpaired) electrons. The molecule has 4 heteroatoms. The Balaban J connectivity index is 2.63. The van der Waals surface area contributed by atoms with Gasteiger partial charge < -0.3 is 0 Å². The molecule has 0 spiro atoms. The van der Waals surface area contributed by atoms with E-state index < -0.39 is 0 Å². The van der Waals surface area contributed by atoms with E-state index in [2.05, 4.69) is 34.8 Å². The van der Waals surface area contributed by atoms with Crippen LogP contribution in [-0.4, -0.2) is 22.9 Å². The molecule has 4 nitrogen and oxygen atoms in total. The fraction of sp³-hybridized carbons (Fsp3) is 0.400. The van der Waals surface area contributed by atoms with Gasteiger partial charge in [0.1, 0.15) is 17.7 Å². The van der Waals surface area contributed by atoms with Crippen LogP contribution in [-0.2, 0) is 0 Å². The standard InChI is InChI=1S/C10H12N4/c1-7(2)9-10-8(11-6-12-9)4-5-13-14(10)3/h4,6-7H,1-3H3. The van der Waals surface area contributed by atoms with Crippen molar-refractivity contribution >= 4 is 17.6 Å². The van der Waals surface area contributed by atoms with E-state index in [9.17, 15) is 0 Å². The monoisotopic (exact) mass is 188 g/mol. The molecular formula is C10H12N4. The summed E-state index contributed by atoms with van der Waals surface area (Å²) in [7, 11) is 1.88. The van der Waals surface area contributed by atoms with Crippen molar-refractivity contribution < 1.29 is 0 Å². The Morgan fingerprint density at radius 1 is 1.36 bits per heavy atom. The second-order valence-electron chi connectivity index (χ2n) is 3.54. The number of anilines is 1. The van der Waals surface area contributed by atoms with Crippen LogP contribution in [0, 0.1) is 0 Å². The van der Waals surface area contributed by atoms with Gasteiger partial charge in [0.15, 0.2) is 0 Å². The summed E-state index contributed by atoms with van der Waals surface area (Å²) in [5, 5.41) is 5.83. The molecule has 1 aliphatic heterocycles. The largest absolute Gasteiger partial charge is 0.256 e. The summed E-state index contributed by atoms with van der Waals surface area (Å²) in [6.07, 6.45) is 3.37. The van der Waals surface area contributed by atoms with Crippen LogP contribution < -0.4 is 5.01 Å². The maximum absolute atomic E-state index is 4.28. The molecule has 0 bridgehead atoms. The van der Waals surface area contributed by atoms with Crippen LogP contribution in [0.15, 0.2) is 11.4 Å². The van der Waals surface area contributed by atoms with E-state index in [0.29, 0.717) is 5.92 Å². The lowest BCUT2D eigenvalue weighted by molar-refractivity contribution is 0.797. The first-order valence-corrected chi connectivity index (χ1v) is 4.58. The van der Waals surface area contributed by atoms with Gasteiger partial charge in [-0.1, -0.05) is 13.8 Å². The van der Waals surface area contributed by atoms with E-state index in [-0.39, 0.29) is 0 Å². The Labute approximate surface area is 83.0 Å². The predicted molar refractivity (Wildman–Crippen MR) is 56.4 cm³/mol. The predicted octanol–water partition coefficient (Wildman–Crippen LogP) is 1.65. The van der Waals surface area contributed by atoms with E-state index in [4.69, 9.17) is 0 Å². The van der Waals surface area contributed by atoms with Crippen molar-refractivity contribution in [2.45, 2.75) is 19.8 Å². The Bertz CT molecular complexity index is 416. The molecule has 2 heterocycles. The molecule has 72 valence electrons. The summed E-state index contributed by atoms with van der Waals surface area (Å²) < 4.78 is 0. The zero-order valence-electron chi connectivity index (χ0n) is 8.52. The first-order valence-electron chi connectivity index (χ1n) is 4.58. The normalized spacial score (nSPS) is 13.6. The van der Waals surface area contributed by atoms with Gasteiger partial charge >= 0.3 is 0 Å². The van der Waals surface area contributed by atoms with Gasteiger partial charge in [0, 0.05) is 19.0 Å². The average molecular weight is 188 g/mol. The van der Waals surface area contributed by atoms with Crippen LogP contribution in [0.1, 0.15) is 31.2 Å². The summed E-state index contributed by atoms with van der Waals surface area (Å²) in [5.41, 5.74) is 2.90. The Kier molecular flexibility index (Phi) is 2.06. The molecule has 0 aliphatic carbocycles. The minimum absolute atomic E-state index is 0.371. The van der Waals surface area contributed by atoms with Crippen LogP contribution >= 0.6 is 0 Å². The second kappa shape index (κ2) is 3.24. The van der Waals surface area contributed by atoms with Crippen molar-refractivity contribution in [1.82, 2.24) is 9.97 Å². The fourth-order valence-corrected chi connectivity index (χ4v) is 1.49. The number of hydrogen-bond acceptors (Lipinski definition) is 4. The molecule has 0 atom stereocenters. The van der Waals surface area contributed by atoms with E-state index in [0.717, 1.165) is 17.1 Å². The van der Waals surface area contributed by atoms with Gasteiger partial charge in [-0.3, -0.25) is 5.01 Å². The third-order valence-corrected chi connectivity index (χ3v) is 2.16. The molecule has 14 heavy (non-hydrogen) atoms. The second-order valence-corrected chi connectivity index (χ2v) is 3.54. The van der Waals surface area contributed by atoms with Gasteiger partial charge in [-0.2, -0.15) is 0 Å². The van der Waals surface area contributed by atoms with Crippen molar-refractivity contribution in [3.8, 4) is 0 Å². The van der Waals surface area contributed by atoms with Crippen molar-refractivity contribution in [2.24, 2.45) is 5.10 Å². The maximum atomic E-state index is 4.28. The molecule has 0 fully saturated rings. The topological polar surface area (TPSA) is 41.4 Å². The van der Waals surface area contributed by atoms with Crippen molar-refractivity contribution in [3.05, 3.63) is 17.7 Å². The molecule has 1 aromatic heterocycles. The van der Waals surface area contributed by atoms with E-state index in [1.165, 1.54) is 0 Å². The summed E-state index contributed by atoms with van der Waals surface area (Å²) in [6.45, 7) is 4.22. The highest BCUT2D eigenvalue weighted by molar-refractivity contribution is 5.85.